The van der Waals surface area contributed by atoms with Gasteiger partial charge in [-0.05, 0) is 70.9 Å². The number of carboxylic acid groups (broad SMARTS) is 1. The monoisotopic (exact) mass is 873 g/mol. The minimum atomic E-state index is -1.10. The normalized spacial score (nSPS) is 13.8. The van der Waals surface area contributed by atoms with Crippen LogP contribution in [0.4, 0.5) is 0 Å². The Kier molecular flexibility index (Phi) is 32.8. The third-order valence-electron chi connectivity index (χ3n) is 8.83. The minimum Gasteiger partial charge on any atom is -0.480 e. The third kappa shape index (κ3) is 27.2. The zero-order valence-corrected chi connectivity index (χ0v) is 38.7. The molecule has 61 heavy (non-hydrogen) atoms. The lowest BCUT2D eigenvalue weighted by Crippen LogP contribution is -2.56. The number of nitrogens with one attached hydrogen (secondary N) is 10. The molecule has 11 N–H and O–H groups in total. The maximum absolute atomic E-state index is 12.4. The third-order valence-corrected chi connectivity index (χ3v) is 8.83. The van der Waals surface area contributed by atoms with E-state index in [0.29, 0.717) is 32.1 Å². The fourth-order valence-corrected chi connectivity index (χ4v) is 5.29. The standard InChI is InChI=1S/C18H34N4O5.C12H23N3O3.C10H19N3O3/c1-6-13(21-17(25)15(11(2)3)20-12(4)23)16(24)22-14(18(26)27)9-7-8-10-19-5;1-6-9(11(17)13-5)15-12(18)10(7(2)3)14-8(4)16;1-5-8(10(16)11-4)13-9(15)6(2)12-7(3)14/h11,13-15,19H,6-10H2,1-5H3,(H,20,23)(H,21,25)(H,22,24)(H,26,27);7,9-10H,6H2,1-5H3,(H,13,17)(H,14,16)(H,15,18);6,8H,5H2,1-4H3,(H,11,16)(H,12,14)(H,13,15)/t13-,14-,15-;9-,10-;6-,8-/m000/s1. The Bertz CT molecular complexity index is 1430. The Morgan fingerprint density at radius 3 is 1.08 bits per heavy atom. The van der Waals surface area contributed by atoms with Gasteiger partial charge in [0, 0.05) is 34.9 Å². The van der Waals surface area contributed by atoms with E-state index in [1.807, 2.05) is 27.8 Å². The van der Waals surface area contributed by atoms with E-state index in [2.05, 4.69) is 53.2 Å². The molecule has 0 bridgehead atoms. The Hall–Kier alpha value is -5.34. The second-order valence-corrected chi connectivity index (χ2v) is 14.9. The number of carbonyl (C=O) groups is 10. The van der Waals surface area contributed by atoms with Crippen molar-refractivity contribution in [1.82, 2.24) is 53.2 Å². The van der Waals surface area contributed by atoms with Crippen LogP contribution in [0.5, 0.6) is 0 Å². The molecule has 0 aliphatic carbocycles. The fourth-order valence-electron chi connectivity index (χ4n) is 5.29. The van der Waals surface area contributed by atoms with E-state index in [-0.39, 0.29) is 53.2 Å². The first-order valence-electron chi connectivity index (χ1n) is 20.7. The molecule has 0 saturated carbocycles. The molecule has 0 heterocycles. The molecule has 7 atom stereocenters. The summed E-state index contributed by atoms with van der Waals surface area (Å²) < 4.78 is 0. The van der Waals surface area contributed by atoms with Crippen LogP contribution in [0, 0.1) is 11.8 Å². The minimum absolute atomic E-state index is 0.0453. The van der Waals surface area contributed by atoms with Crippen LogP contribution >= 0.6 is 0 Å². The Labute approximate surface area is 361 Å². The summed E-state index contributed by atoms with van der Waals surface area (Å²) in [7, 11) is 4.84. The highest BCUT2D eigenvalue weighted by molar-refractivity contribution is 5.94. The van der Waals surface area contributed by atoms with Crippen LogP contribution in [0.2, 0.25) is 0 Å². The predicted octanol–water partition coefficient (Wildman–Crippen LogP) is -1.06. The molecule has 0 aliphatic rings. The molecule has 0 radical (unpaired) electrons. The number of likely N-dealkylation sites (N-methyl/N-ethyl adjacent to an activating group) is 2. The van der Waals surface area contributed by atoms with Crippen LogP contribution in [-0.2, 0) is 47.9 Å². The molecule has 21 heteroatoms. The van der Waals surface area contributed by atoms with Crippen molar-refractivity contribution in [2.75, 3.05) is 27.7 Å². The van der Waals surface area contributed by atoms with Crippen molar-refractivity contribution < 1.29 is 53.1 Å². The lowest BCUT2D eigenvalue weighted by Gasteiger charge is -2.25. The lowest BCUT2D eigenvalue weighted by molar-refractivity contribution is -0.142. The van der Waals surface area contributed by atoms with Gasteiger partial charge in [-0.1, -0.05) is 48.5 Å². The number of aliphatic carboxylic acids is 1. The summed E-state index contributed by atoms with van der Waals surface area (Å²) in [5, 5.41) is 35.1. The Morgan fingerprint density at radius 1 is 0.443 bits per heavy atom. The van der Waals surface area contributed by atoms with E-state index in [1.54, 1.807) is 34.6 Å². The molecule has 0 aromatic heterocycles. The van der Waals surface area contributed by atoms with Crippen molar-refractivity contribution in [1.29, 1.82) is 0 Å². The van der Waals surface area contributed by atoms with Gasteiger partial charge in [-0.3, -0.25) is 43.2 Å². The molecule has 0 aromatic rings. The molecule has 0 rings (SSSR count). The summed E-state index contributed by atoms with van der Waals surface area (Å²) >= 11 is 0. The van der Waals surface area contributed by atoms with Crippen molar-refractivity contribution in [3.8, 4) is 0 Å². The number of unbranched alkanes of at least 4 members (excludes halogenated alkanes) is 1. The molecule has 0 unspecified atom stereocenters. The molecule has 0 fully saturated rings. The van der Waals surface area contributed by atoms with Gasteiger partial charge < -0.3 is 58.3 Å². The first-order valence-corrected chi connectivity index (χ1v) is 20.7. The number of hydrogen-bond acceptors (Lipinski definition) is 11. The second-order valence-electron chi connectivity index (χ2n) is 14.9. The Balaban J connectivity index is -0.000000866. The average Bonchev–Trinajstić information content (AvgIpc) is 3.18. The maximum atomic E-state index is 12.4. The van der Waals surface area contributed by atoms with Crippen LogP contribution in [0.25, 0.3) is 0 Å². The van der Waals surface area contributed by atoms with Crippen LogP contribution in [0.1, 0.15) is 115 Å². The Morgan fingerprint density at radius 2 is 0.787 bits per heavy atom. The van der Waals surface area contributed by atoms with Gasteiger partial charge in [0.2, 0.25) is 53.2 Å². The first kappa shape index (κ1) is 60.0. The quantitative estimate of drug-likeness (QED) is 0.0518. The first-order chi connectivity index (χ1) is 28.4. The molecule has 0 saturated heterocycles. The predicted molar refractivity (Wildman–Crippen MR) is 230 cm³/mol. The van der Waals surface area contributed by atoms with Crippen LogP contribution in [0.3, 0.4) is 0 Å². The summed E-state index contributed by atoms with van der Waals surface area (Å²) in [6.45, 7) is 18.9. The van der Waals surface area contributed by atoms with E-state index in [0.717, 1.165) is 13.0 Å². The van der Waals surface area contributed by atoms with Crippen LogP contribution < -0.4 is 53.2 Å². The van der Waals surface area contributed by atoms with Gasteiger partial charge in [0.05, 0.1) is 0 Å². The summed E-state index contributed by atoms with van der Waals surface area (Å²) in [5.41, 5.74) is 0. The second kappa shape index (κ2) is 33.4. The summed E-state index contributed by atoms with van der Waals surface area (Å²) in [6, 6.07) is -5.03. The SMILES string of the molecule is CC[C@H](NC(=O)[C@@H](NC(C)=O)C(C)C)C(=O)NC.CC[C@H](NC(=O)[C@@H](NC(C)=O)C(C)C)C(=O)N[C@@H](CCCCNC)C(=O)O.CC[C@H](NC(=O)[C@H](C)NC(C)=O)C(=O)NC. The number of amides is 9. The van der Waals surface area contributed by atoms with Gasteiger partial charge in [0.15, 0.2) is 0 Å². The highest BCUT2D eigenvalue weighted by Gasteiger charge is 2.30. The maximum Gasteiger partial charge on any atom is 0.326 e. The van der Waals surface area contributed by atoms with Crippen molar-refractivity contribution in [2.45, 2.75) is 157 Å². The van der Waals surface area contributed by atoms with E-state index in [4.69, 9.17) is 0 Å². The summed E-state index contributed by atoms with van der Waals surface area (Å²) in [6.07, 6.45) is 3.06. The summed E-state index contributed by atoms with van der Waals surface area (Å²) in [5.74, 6) is -4.40. The van der Waals surface area contributed by atoms with Crippen molar-refractivity contribution in [2.24, 2.45) is 11.8 Å². The smallest absolute Gasteiger partial charge is 0.326 e. The number of rotatable bonds is 24. The summed E-state index contributed by atoms with van der Waals surface area (Å²) in [4.78, 5) is 116. The zero-order chi connectivity index (χ0) is 48.0. The molecule has 0 spiro atoms. The topological polar surface area (TPSA) is 311 Å². The number of hydrogen-bond donors (Lipinski definition) is 11. The van der Waals surface area contributed by atoms with Gasteiger partial charge >= 0.3 is 5.97 Å². The largest absolute Gasteiger partial charge is 0.480 e. The van der Waals surface area contributed by atoms with Crippen LogP contribution in [-0.4, -0.2) is 134 Å². The van der Waals surface area contributed by atoms with Crippen molar-refractivity contribution in [3.05, 3.63) is 0 Å². The molecule has 0 aromatic carbocycles. The molecular formula is C40H76N10O11. The van der Waals surface area contributed by atoms with Gasteiger partial charge in [-0.2, -0.15) is 0 Å². The molecule has 21 nitrogen and oxygen atoms in total. The van der Waals surface area contributed by atoms with E-state index >= 15 is 0 Å². The van der Waals surface area contributed by atoms with Gasteiger partial charge in [-0.25, -0.2) is 4.79 Å². The van der Waals surface area contributed by atoms with E-state index in [1.165, 1.54) is 34.9 Å². The lowest BCUT2D eigenvalue weighted by atomic mass is 10.0. The van der Waals surface area contributed by atoms with Gasteiger partial charge in [0.25, 0.3) is 0 Å². The zero-order valence-electron chi connectivity index (χ0n) is 38.7. The van der Waals surface area contributed by atoms with Gasteiger partial charge in [0.1, 0.15) is 42.3 Å². The van der Waals surface area contributed by atoms with Crippen molar-refractivity contribution >= 4 is 59.1 Å². The van der Waals surface area contributed by atoms with E-state index in [9.17, 15) is 53.1 Å². The number of carbonyl (C=O) groups excluding carboxylic acids is 9. The molecule has 352 valence electrons. The highest BCUT2D eigenvalue weighted by Crippen LogP contribution is 2.06. The average molecular weight is 873 g/mol. The van der Waals surface area contributed by atoms with Crippen molar-refractivity contribution in [3.63, 3.8) is 0 Å². The number of carboxylic acids is 1. The molecular weight excluding hydrogens is 796 g/mol. The molecule has 0 aliphatic heterocycles. The van der Waals surface area contributed by atoms with Crippen LogP contribution in [0.15, 0.2) is 0 Å². The molecule has 9 amide bonds. The fraction of sp³-hybridized carbons (Fsp3) is 0.750. The highest BCUT2D eigenvalue weighted by atomic mass is 16.4. The van der Waals surface area contributed by atoms with E-state index < -0.39 is 60.1 Å². The van der Waals surface area contributed by atoms with Gasteiger partial charge in [-0.15, -0.1) is 0 Å².